The molecule has 1 aromatic carbocycles. The largest absolute Gasteiger partial charge is 0.364 e. The number of aryl methyl sites for hydroxylation is 1. The van der Waals surface area contributed by atoms with Gasteiger partial charge in [0.2, 0.25) is 0 Å². The minimum absolute atomic E-state index is 0.582. The van der Waals surface area contributed by atoms with Gasteiger partial charge in [0.1, 0.15) is 0 Å². The summed E-state index contributed by atoms with van der Waals surface area (Å²) in [6.45, 7) is 2.97. The van der Waals surface area contributed by atoms with Crippen LogP contribution < -0.4 is 10.6 Å². The Balaban J connectivity index is 2.02. The second-order valence-electron chi connectivity index (χ2n) is 4.86. The van der Waals surface area contributed by atoms with Gasteiger partial charge in [0.25, 0.3) is 0 Å². The maximum atomic E-state index is 5.84. The lowest BCUT2D eigenvalue weighted by molar-refractivity contribution is 0.659. The van der Waals surface area contributed by atoms with Gasteiger partial charge in [0, 0.05) is 24.3 Å². The van der Waals surface area contributed by atoms with Crippen LogP contribution in [0.15, 0.2) is 18.2 Å². The standard InChI is InChI=1S/C13H18N2/c1-9-2-5-13-10(6-9)7-11-3-4-12(8-14)15(11)13/h2,5-6,11-12H,3-4,7-8,14H2,1H3. The van der Waals surface area contributed by atoms with Crippen LogP contribution in [0.1, 0.15) is 24.0 Å². The zero-order valence-electron chi connectivity index (χ0n) is 9.24. The molecule has 2 unspecified atom stereocenters. The molecule has 1 saturated heterocycles. The molecule has 1 aromatic rings. The highest BCUT2D eigenvalue weighted by molar-refractivity contribution is 5.62. The van der Waals surface area contributed by atoms with E-state index < -0.39 is 0 Å². The molecule has 2 heteroatoms. The van der Waals surface area contributed by atoms with Crippen LogP contribution in [0.5, 0.6) is 0 Å². The summed E-state index contributed by atoms with van der Waals surface area (Å²) < 4.78 is 0. The molecule has 0 aromatic heterocycles. The molecule has 0 saturated carbocycles. The zero-order chi connectivity index (χ0) is 10.4. The number of hydrogen-bond donors (Lipinski definition) is 1. The molecule has 15 heavy (non-hydrogen) atoms. The van der Waals surface area contributed by atoms with E-state index in [-0.39, 0.29) is 0 Å². The molecule has 0 amide bonds. The van der Waals surface area contributed by atoms with Gasteiger partial charge in [-0.05, 0) is 37.8 Å². The number of benzene rings is 1. The average Bonchev–Trinajstić information content (AvgIpc) is 2.74. The van der Waals surface area contributed by atoms with Crippen LogP contribution in [0.2, 0.25) is 0 Å². The van der Waals surface area contributed by atoms with Crippen molar-refractivity contribution in [3.8, 4) is 0 Å². The van der Waals surface area contributed by atoms with Gasteiger partial charge in [-0.1, -0.05) is 17.7 Å². The van der Waals surface area contributed by atoms with Crippen molar-refractivity contribution >= 4 is 5.69 Å². The molecule has 2 N–H and O–H groups in total. The molecule has 80 valence electrons. The molecule has 0 aliphatic carbocycles. The van der Waals surface area contributed by atoms with Gasteiger partial charge in [-0.25, -0.2) is 0 Å². The van der Waals surface area contributed by atoms with Crippen molar-refractivity contribution in [2.45, 2.75) is 38.3 Å². The summed E-state index contributed by atoms with van der Waals surface area (Å²) in [6.07, 6.45) is 3.82. The second kappa shape index (κ2) is 3.24. The lowest BCUT2D eigenvalue weighted by Crippen LogP contribution is -2.37. The minimum Gasteiger partial charge on any atom is -0.364 e. The quantitative estimate of drug-likeness (QED) is 0.753. The lowest BCUT2D eigenvalue weighted by atomic mass is 10.0. The highest BCUT2D eigenvalue weighted by Gasteiger charge is 2.38. The third kappa shape index (κ3) is 1.28. The molecule has 2 heterocycles. The molecule has 0 spiro atoms. The SMILES string of the molecule is Cc1ccc2c(c1)CC1CCC(CN)N21. The topological polar surface area (TPSA) is 29.3 Å². The van der Waals surface area contributed by atoms with Gasteiger partial charge in [0.15, 0.2) is 0 Å². The van der Waals surface area contributed by atoms with Gasteiger partial charge in [-0.3, -0.25) is 0 Å². The summed E-state index contributed by atoms with van der Waals surface area (Å²) in [5.41, 5.74) is 10.2. The Morgan fingerprint density at radius 2 is 2.27 bits per heavy atom. The van der Waals surface area contributed by atoms with Crippen molar-refractivity contribution in [3.63, 3.8) is 0 Å². The molecule has 3 rings (SSSR count). The van der Waals surface area contributed by atoms with Gasteiger partial charge >= 0.3 is 0 Å². The highest BCUT2D eigenvalue weighted by atomic mass is 15.2. The maximum absolute atomic E-state index is 5.84. The average molecular weight is 202 g/mol. The Labute approximate surface area is 91.1 Å². The van der Waals surface area contributed by atoms with Gasteiger partial charge in [-0.2, -0.15) is 0 Å². The summed E-state index contributed by atoms with van der Waals surface area (Å²) >= 11 is 0. The first-order valence-electron chi connectivity index (χ1n) is 5.87. The first-order chi connectivity index (χ1) is 7.29. The van der Waals surface area contributed by atoms with E-state index in [1.54, 1.807) is 0 Å². The summed E-state index contributed by atoms with van der Waals surface area (Å²) in [5.74, 6) is 0. The van der Waals surface area contributed by atoms with Gasteiger partial charge in [0.05, 0.1) is 0 Å². The number of fused-ring (bicyclic) bond motifs is 3. The molecule has 0 bridgehead atoms. The van der Waals surface area contributed by atoms with Gasteiger partial charge in [-0.15, -0.1) is 0 Å². The Hall–Kier alpha value is -1.02. The van der Waals surface area contributed by atoms with Crippen molar-refractivity contribution in [1.29, 1.82) is 0 Å². The van der Waals surface area contributed by atoms with E-state index in [0.29, 0.717) is 6.04 Å². The smallest absolute Gasteiger partial charge is 0.0416 e. The molecule has 2 nitrogen and oxygen atoms in total. The van der Waals surface area contributed by atoms with Crippen LogP contribution in [-0.2, 0) is 6.42 Å². The van der Waals surface area contributed by atoms with E-state index in [2.05, 4.69) is 30.0 Å². The Bertz CT molecular complexity index is 386. The Morgan fingerprint density at radius 1 is 1.40 bits per heavy atom. The molecule has 2 atom stereocenters. The number of hydrogen-bond acceptors (Lipinski definition) is 2. The normalized spacial score (nSPS) is 28.0. The monoisotopic (exact) mass is 202 g/mol. The molecular formula is C13H18N2. The fourth-order valence-electron chi connectivity index (χ4n) is 3.17. The first kappa shape index (κ1) is 9.22. The van der Waals surface area contributed by atoms with Crippen molar-refractivity contribution in [1.82, 2.24) is 0 Å². The van der Waals surface area contributed by atoms with Crippen molar-refractivity contribution in [2.75, 3.05) is 11.4 Å². The third-order valence-corrected chi connectivity index (χ3v) is 3.86. The van der Waals surface area contributed by atoms with Gasteiger partial charge < -0.3 is 10.6 Å². The molecule has 2 aliphatic heterocycles. The van der Waals surface area contributed by atoms with E-state index in [4.69, 9.17) is 5.73 Å². The summed E-state index contributed by atoms with van der Waals surface area (Å²) in [5, 5.41) is 0. The van der Waals surface area contributed by atoms with Crippen LogP contribution in [-0.4, -0.2) is 18.6 Å². The summed E-state index contributed by atoms with van der Waals surface area (Å²) in [4.78, 5) is 2.56. The van der Waals surface area contributed by atoms with Crippen LogP contribution in [0.25, 0.3) is 0 Å². The first-order valence-corrected chi connectivity index (χ1v) is 5.87. The number of nitrogens with zero attached hydrogens (tertiary/aromatic N) is 1. The minimum atomic E-state index is 0.582. The Kier molecular flexibility index (Phi) is 1.99. The van der Waals surface area contributed by atoms with Crippen molar-refractivity contribution in [3.05, 3.63) is 29.3 Å². The predicted octanol–water partition coefficient (Wildman–Crippen LogP) is 1.85. The number of anilines is 1. The number of nitrogens with two attached hydrogens (primary N) is 1. The van der Waals surface area contributed by atoms with E-state index in [1.807, 2.05) is 0 Å². The van der Waals surface area contributed by atoms with E-state index >= 15 is 0 Å². The summed E-state index contributed by atoms with van der Waals surface area (Å²) in [7, 11) is 0. The van der Waals surface area contributed by atoms with Crippen molar-refractivity contribution in [2.24, 2.45) is 5.73 Å². The number of rotatable bonds is 1. The van der Waals surface area contributed by atoms with Crippen LogP contribution in [0.4, 0.5) is 5.69 Å². The zero-order valence-corrected chi connectivity index (χ0v) is 9.24. The predicted molar refractivity (Wildman–Crippen MR) is 63.2 cm³/mol. The summed E-state index contributed by atoms with van der Waals surface area (Å²) in [6, 6.07) is 8.14. The molecular weight excluding hydrogens is 184 g/mol. The third-order valence-electron chi connectivity index (χ3n) is 3.86. The molecule has 1 fully saturated rings. The van der Waals surface area contributed by atoms with Crippen molar-refractivity contribution < 1.29 is 0 Å². The molecule has 2 aliphatic rings. The lowest BCUT2D eigenvalue weighted by Gasteiger charge is -2.26. The van der Waals surface area contributed by atoms with E-state index in [0.717, 1.165) is 12.6 Å². The van der Waals surface area contributed by atoms with Crippen LogP contribution >= 0.6 is 0 Å². The fraction of sp³-hybridized carbons (Fsp3) is 0.538. The maximum Gasteiger partial charge on any atom is 0.0416 e. The Morgan fingerprint density at radius 3 is 3.07 bits per heavy atom. The van der Waals surface area contributed by atoms with Crippen LogP contribution in [0.3, 0.4) is 0 Å². The molecule has 0 radical (unpaired) electrons. The fourth-order valence-corrected chi connectivity index (χ4v) is 3.17. The van der Waals surface area contributed by atoms with E-state index in [9.17, 15) is 0 Å². The van der Waals surface area contributed by atoms with E-state index in [1.165, 1.54) is 36.1 Å². The second-order valence-corrected chi connectivity index (χ2v) is 4.86. The highest BCUT2D eigenvalue weighted by Crippen LogP contribution is 2.40. The van der Waals surface area contributed by atoms with Crippen LogP contribution in [0, 0.1) is 6.92 Å².